The minimum absolute atomic E-state index is 0.728. The molecule has 0 aromatic heterocycles. The number of quaternary nitrogens is 1. The van der Waals surface area contributed by atoms with Crippen molar-refractivity contribution in [3.05, 3.63) is 0 Å². The van der Waals surface area contributed by atoms with Gasteiger partial charge in [0.1, 0.15) is 6.42 Å². The molecule has 0 fully saturated rings. The van der Waals surface area contributed by atoms with E-state index in [4.69, 9.17) is 15.3 Å². The van der Waals surface area contributed by atoms with Crippen molar-refractivity contribution in [2.45, 2.75) is 12.5 Å². The highest BCUT2D eigenvalue weighted by atomic mass is 16.4. The molecule has 7 nitrogen and oxygen atoms in total. The second kappa shape index (κ2) is 4.05. The first-order valence-corrected chi connectivity index (χ1v) is 3.71. The van der Waals surface area contributed by atoms with E-state index in [1.807, 2.05) is 0 Å². The maximum atomic E-state index is 10.7. The monoisotopic (exact) mass is 206 g/mol. The van der Waals surface area contributed by atoms with Gasteiger partial charge in [-0.1, -0.05) is 0 Å². The normalized spacial score (nSPS) is 13.3. The van der Waals surface area contributed by atoms with Crippen molar-refractivity contribution in [1.82, 2.24) is 0 Å². The van der Waals surface area contributed by atoms with Crippen LogP contribution in [0.3, 0.4) is 0 Å². The summed E-state index contributed by atoms with van der Waals surface area (Å²) in [5.41, 5.74) is 0. The van der Waals surface area contributed by atoms with E-state index in [2.05, 4.69) is 0 Å². The molecule has 0 aromatic carbocycles. The maximum absolute atomic E-state index is 10.7. The Morgan fingerprint density at radius 1 is 1.14 bits per heavy atom. The van der Waals surface area contributed by atoms with Gasteiger partial charge in [0.05, 0.1) is 14.1 Å². The van der Waals surface area contributed by atoms with Gasteiger partial charge in [-0.3, -0.25) is 4.79 Å². The van der Waals surface area contributed by atoms with E-state index in [1.54, 1.807) is 0 Å². The minimum Gasteiger partial charge on any atom is -0.481 e. The molecular weight excluding hydrogens is 194 g/mol. The molecular formula is C7H12NO6+. The van der Waals surface area contributed by atoms with Crippen LogP contribution < -0.4 is 0 Å². The van der Waals surface area contributed by atoms with E-state index < -0.39 is 35.0 Å². The van der Waals surface area contributed by atoms with Gasteiger partial charge in [0.15, 0.2) is 0 Å². The summed E-state index contributed by atoms with van der Waals surface area (Å²) in [6, 6.07) is -1.50. The van der Waals surface area contributed by atoms with E-state index in [9.17, 15) is 14.4 Å². The Hall–Kier alpha value is -1.63. The fourth-order valence-corrected chi connectivity index (χ4v) is 0.890. The largest absolute Gasteiger partial charge is 0.513 e. The van der Waals surface area contributed by atoms with Gasteiger partial charge in [-0.2, -0.15) is 4.79 Å². The fraction of sp³-hybridized carbons (Fsp3) is 0.571. The molecule has 80 valence electrons. The molecule has 0 aliphatic carbocycles. The number of aliphatic carboxylic acids is 2. The van der Waals surface area contributed by atoms with E-state index in [0.29, 0.717) is 0 Å². The van der Waals surface area contributed by atoms with Gasteiger partial charge in [0.2, 0.25) is 6.04 Å². The van der Waals surface area contributed by atoms with Gasteiger partial charge < -0.3 is 15.3 Å². The molecule has 0 spiro atoms. The maximum Gasteiger partial charge on any atom is 0.513 e. The zero-order chi connectivity index (χ0) is 11.5. The number of rotatable bonds is 4. The first kappa shape index (κ1) is 12.4. The van der Waals surface area contributed by atoms with Crippen LogP contribution in [-0.2, 0) is 9.59 Å². The van der Waals surface area contributed by atoms with E-state index >= 15 is 0 Å². The molecule has 0 saturated carbocycles. The standard InChI is InChI=1S/C7H11NO6/c1-8(2,7(13)14)4(6(11)12)3-5(9)10/h4H,3H2,1-2H3,(H2-,9,10,11,12,13,14)/p+1/t4-/m0/s1. The van der Waals surface area contributed by atoms with Crippen molar-refractivity contribution in [2.75, 3.05) is 14.1 Å². The Labute approximate surface area is 79.8 Å². The van der Waals surface area contributed by atoms with Crippen molar-refractivity contribution in [3.63, 3.8) is 0 Å². The van der Waals surface area contributed by atoms with Crippen molar-refractivity contribution < 1.29 is 34.2 Å². The average molecular weight is 206 g/mol. The van der Waals surface area contributed by atoms with Gasteiger partial charge in [0, 0.05) is 0 Å². The molecule has 0 heterocycles. The van der Waals surface area contributed by atoms with Crippen LogP contribution in [0.15, 0.2) is 0 Å². The Morgan fingerprint density at radius 2 is 1.57 bits per heavy atom. The zero-order valence-electron chi connectivity index (χ0n) is 7.80. The number of hydrogen-bond donors (Lipinski definition) is 3. The van der Waals surface area contributed by atoms with Gasteiger partial charge in [-0.25, -0.2) is 9.28 Å². The van der Waals surface area contributed by atoms with Gasteiger partial charge in [0.25, 0.3) is 0 Å². The second-order valence-electron chi connectivity index (χ2n) is 3.27. The highest BCUT2D eigenvalue weighted by Crippen LogP contribution is 2.11. The number of hydrogen-bond acceptors (Lipinski definition) is 3. The number of carboxylic acid groups (broad SMARTS) is 3. The molecule has 0 aliphatic heterocycles. The summed E-state index contributed by atoms with van der Waals surface area (Å²) in [7, 11) is 2.26. The van der Waals surface area contributed by atoms with Crippen LogP contribution in [0.2, 0.25) is 0 Å². The lowest BCUT2D eigenvalue weighted by Gasteiger charge is -2.28. The van der Waals surface area contributed by atoms with Crippen molar-refractivity contribution in [1.29, 1.82) is 0 Å². The predicted octanol–water partition coefficient (Wildman–Crippen LogP) is -0.331. The first-order chi connectivity index (χ1) is 6.19. The molecule has 1 atom stereocenters. The summed E-state index contributed by atoms with van der Waals surface area (Å²) >= 11 is 0. The lowest BCUT2D eigenvalue weighted by Crippen LogP contribution is -2.56. The van der Waals surface area contributed by atoms with Crippen LogP contribution >= 0.6 is 0 Å². The average Bonchev–Trinajstić information content (AvgIpc) is 1.98. The third kappa shape index (κ3) is 2.70. The van der Waals surface area contributed by atoms with Crippen LogP contribution in [0, 0.1) is 0 Å². The summed E-state index contributed by atoms with van der Waals surface area (Å²) in [6.07, 6.45) is -2.12. The van der Waals surface area contributed by atoms with E-state index in [1.165, 1.54) is 0 Å². The van der Waals surface area contributed by atoms with Crippen molar-refractivity contribution >= 4 is 18.0 Å². The summed E-state index contributed by atoms with van der Waals surface area (Å²) in [5, 5.41) is 25.8. The molecule has 1 amide bonds. The summed E-state index contributed by atoms with van der Waals surface area (Å²) in [5.74, 6) is -2.79. The van der Waals surface area contributed by atoms with Crippen molar-refractivity contribution in [3.8, 4) is 0 Å². The van der Waals surface area contributed by atoms with E-state index in [-0.39, 0.29) is 0 Å². The third-order valence-corrected chi connectivity index (χ3v) is 1.93. The fourth-order valence-electron chi connectivity index (χ4n) is 0.890. The molecule has 0 bridgehead atoms. The number of likely N-dealkylation sites (N-methyl/N-ethyl adjacent to an activating group) is 1. The van der Waals surface area contributed by atoms with Gasteiger partial charge in [-0.15, -0.1) is 0 Å². The van der Waals surface area contributed by atoms with Crippen LogP contribution in [-0.4, -0.2) is 58.0 Å². The number of carboxylic acids is 2. The molecule has 0 radical (unpaired) electrons. The molecule has 0 unspecified atom stereocenters. The molecule has 3 N–H and O–H groups in total. The molecule has 0 aliphatic rings. The highest BCUT2D eigenvalue weighted by Gasteiger charge is 2.42. The molecule has 0 aromatic rings. The summed E-state index contributed by atoms with van der Waals surface area (Å²) in [4.78, 5) is 31.6. The summed E-state index contributed by atoms with van der Waals surface area (Å²) < 4.78 is -0.915. The topological polar surface area (TPSA) is 112 Å². The number of carbonyl (C=O) groups is 3. The van der Waals surface area contributed by atoms with Crippen LogP contribution in [0.4, 0.5) is 4.79 Å². The number of nitrogens with zero attached hydrogens (tertiary/aromatic N) is 1. The third-order valence-electron chi connectivity index (χ3n) is 1.93. The van der Waals surface area contributed by atoms with Crippen LogP contribution in [0.5, 0.6) is 0 Å². The van der Waals surface area contributed by atoms with Gasteiger partial charge >= 0.3 is 18.0 Å². The van der Waals surface area contributed by atoms with Crippen LogP contribution in [0.1, 0.15) is 6.42 Å². The molecule has 14 heavy (non-hydrogen) atoms. The lowest BCUT2D eigenvalue weighted by molar-refractivity contribution is -0.833. The van der Waals surface area contributed by atoms with Crippen molar-refractivity contribution in [2.24, 2.45) is 0 Å². The van der Waals surface area contributed by atoms with Crippen LogP contribution in [0.25, 0.3) is 0 Å². The van der Waals surface area contributed by atoms with Gasteiger partial charge in [-0.05, 0) is 0 Å². The smallest absolute Gasteiger partial charge is 0.481 e. The molecule has 0 saturated heterocycles. The molecule has 7 heteroatoms. The Kier molecular flexibility index (Phi) is 3.58. The summed E-state index contributed by atoms with van der Waals surface area (Å²) in [6.45, 7) is 0. The minimum atomic E-state index is -1.50. The first-order valence-electron chi connectivity index (χ1n) is 3.71. The highest BCUT2D eigenvalue weighted by molar-refractivity contribution is 5.81. The Bertz CT molecular complexity index is 271. The molecule has 0 rings (SSSR count). The Balaban J connectivity index is 4.91. The number of amides is 1. The SMILES string of the molecule is C[N+](C)(C(=O)O)[C@@H](CC(=O)O)C(=O)O. The second-order valence-corrected chi connectivity index (χ2v) is 3.27. The lowest BCUT2D eigenvalue weighted by atomic mass is 10.1. The quantitative estimate of drug-likeness (QED) is 0.543. The zero-order valence-corrected chi connectivity index (χ0v) is 7.80. The predicted molar refractivity (Wildman–Crippen MR) is 43.8 cm³/mol. The van der Waals surface area contributed by atoms with E-state index in [0.717, 1.165) is 14.1 Å². The Morgan fingerprint density at radius 3 is 1.79 bits per heavy atom.